The number of ether oxygens (including phenoxy) is 3. The van der Waals surface area contributed by atoms with E-state index in [0.717, 1.165) is 25.7 Å². The summed E-state index contributed by atoms with van der Waals surface area (Å²) in [6.07, 6.45) is 0.0391. The number of anilines is 1. The number of morpholine rings is 1. The van der Waals surface area contributed by atoms with Crippen LogP contribution in [0.2, 0.25) is 0 Å². The van der Waals surface area contributed by atoms with E-state index in [-0.39, 0.29) is 23.9 Å². The fourth-order valence-electron chi connectivity index (χ4n) is 5.29. The highest BCUT2D eigenvalue weighted by Gasteiger charge is 2.27. The molecule has 3 heterocycles. The van der Waals surface area contributed by atoms with Gasteiger partial charge >= 0.3 is 0 Å². The van der Waals surface area contributed by atoms with Gasteiger partial charge < -0.3 is 29.3 Å². The standard InChI is InChI=1S/C28H37F2N7O4/c1-4-40-21-7-5-6-20-25(21)34-27(26(29)30)37(20)22-16-24(33-28(32-22)36-12-14-39-15-13-36)41-19-10-8-18(9-11-19)31-23(38)17-35(2)3/h5-7,16,18-19,26H,4,8-15,17H2,1-3H3,(H,31,38)/t18-,19-. The number of benzene rings is 1. The number of hydrogen-bond donors (Lipinski definition) is 1. The van der Waals surface area contributed by atoms with Gasteiger partial charge in [-0.3, -0.25) is 9.36 Å². The summed E-state index contributed by atoms with van der Waals surface area (Å²) in [5.74, 6) is 0.934. The van der Waals surface area contributed by atoms with Gasteiger partial charge in [0.2, 0.25) is 17.7 Å². The zero-order valence-corrected chi connectivity index (χ0v) is 23.7. The number of alkyl halides is 2. The Hall–Kier alpha value is -3.58. The summed E-state index contributed by atoms with van der Waals surface area (Å²) in [7, 11) is 3.72. The van der Waals surface area contributed by atoms with Crippen LogP contribution in [0.3, 0.4) is 0 Å². The number of para-hydroxylation sites is 1. The summed E-state index contributed by atoms with van der Waals surface area (Å²) in [6, 6.07) is 6.87. The van der Waals surface area contributed by atoms with Crippen LogP contribution < -0.4 is 19.7 Å². The third-order valence-corrected chi connectivity index (χ3v) is 7.16. The van der Waals surface area contributed by atoms with Gasteiger partial charge in [0, 0.05) is 25.2 Å². The first kappa shape index (κ1) is 28.9. The van der Waals surface area contributed by atoms with Gasteiger partial charge in [0.1, 0.15) is 23.2 Å². The fourth-order valence-corrected chi connectivity index (χ4v) is 5.29. The lowest BCUT2D eigenvalue weighted by molar-refractivity contribution is -0.122. The zero-order valence-electron chi connectivity index (χ0n) is 23.7. The van der Waals surface area contributed by atoms with E-state index in [0.29, 0.717) is 68.1 Å². The van der Waals surface area contributed by atoms with E-state index in [9.17, 15) is 13.6 Å². The fraction of sp³-hybridized carbons (Fsp3) is 0.571. The van der Waals surface area contributed by atoms with Crippen LogP contribution in [0.1, 0.15) is 44.9 Å². The van der Waals surface area contributed by atoms with Crippen molar-refractivity contribution in [3.05, 3.63) is 30.1 Å². The maximum Gasteiger partial charge on any atom is 0.296 e. The molecule has 0 bridgehead atoms. The van der Waals surface area contributed by atoms with E-state index < -0.39 is 12.2 Å². The van der Waals surface area contributed by atoms with Crippen LogP contribution in [-0.4, -0.2) is 96.0 Å². The third kappa shape index (κ3) is 6.84. The minimum absolute atomic E-state index is 0.00449. The highest BCUT2D eigenvalue weighted by molar-refractivity contribution is 5.84. The molecule has 0 atom stereocenters. The van der Waals surface area contributed by atoms with Crippen LogP contribution in [0, 0.1) is 0 Å². The largest absolute Gasteiger partial charge is 0.492 e. The number of nitrogens with zero attached hydrogens (tertiary/aromatic N) is 6. The number of nitrogens with one attached hydrogen (secondary N) is 1. The number of likely N-dealkylation sites (N-methyl/N-ethyl adjacent to an activating group) is 1. The van der Waals surface area contributed by atoms with Gasteiger partial charge in [-0.15, -0.1) is 0 Å². The predicted octanol–water partition coefficient (Wildman–Crippen LogP) is 3.36. The molecule has 13 heteroatoms. The van der Waals surface area contributed by atoms with Crippen LogP contribution in [0.15, 0.2) is 24.3 Å². The topological polar surface area (TPSA) is 107 Å². The van der Waals surface area contributed by atoms with Gasteiger partial charge in [-0.2, -0.15) is 9.97 Å². The molecule has 0 radical (unpaired) electrons. The molecule has 1 saturated heterocycles. The summed E-state index contributed by atoms with van der Waals surface area (Å²) in [5, 5.41) is 3.09. The Kier molecular flexibility index (Phi) is 9.13. The average molecular weight is 574 g/mol. The van der Waals surface area contributed by atoms with Gasteiger partial charge in [-0.25, -0.2) is 13.8 Å². The monoisotopic (exact) mass is 573 g/mol. The van der Waals surface area contributed by atoms with E-state index in [4.69, 9.17) is 19.2 Å². The van der Waals surface area contributed by atoms with E-state index >= 15 is 0 Å². The molecule has 1 saturated carbocycles. The second-order valence-electron chi connectivity index (χ2n) is 10.5. The average Bonchev–Trinajstić information content (AvgIpc) is 3.35. The molecule has 41 heavy (non-hydrogen) atoms. The van der Waals surface area contributed by atoms with Crippen molar-refractivity contribution in [2.45, 2.75) is 51.2 Å². The molecule has 0 spiro atoms. The van der Waals surface area contributed by atoms with Crippen LogP contribution in [0.5, 0.6) is 11.6 Å². The Morgan fingerprint density at radius 3 is 2.59 bits per heavy atom. The highest BCUT2D eigenvalue weighted by atomic mass is 19.3. The summed E-state index contributed by atoms with van der Waals surface area (Å²) in [4.78, 5) is 29.6. The van der Waals surface area contributed by atoms with Crippen LogP contribution in [0.4, 0.5) is 14.7 Å². The maximum atomic E-state index is 14.3. The number of carbonyl (C=O) groups is 1. The van der Waals surface area contributed by atoms with Crippen LogP contribution in [0.25, 0.3) is 16.9 Å². The summed E-state index contributed by atoms with van der Waals surface area (Å²) in [5.41, 5.74) is 0.797. The van der Waals surface area contributed by atoms with Crippen molar-refractivity contribution in [2.75, 3.05) is 58.5 Å². The molecule has 2 aromatic heterocycles. The number of imidazole rings is 1. The summed E-state index contributed by atoms with van der Waals surface area (Å²) < 4.78 is 47.5. The first-order chi connectivity index (χ1) is 19.8. The second kappa shape index (κ2) is 12.9. The molecule has 1 aromatic carbocycles. The molecular formula is C28H37F2N7O4. The van der Waals surface area contributed by atoms with E-state index in [1.54, 1.807) is 24.3 Å². The Balaban J connectivity index is 1.45. The smallest absolute Gasteiger partial charge is 0.296 e. The van der Waals surface area contributed by atoms with E-state index in [2.05, 4.69) is 15.3 Å². The van der Waals surface area contributed by atoms with E-state index in [1.807, 2.05) is 30.8 Å². The molecular weight excluding hydrogens is 536 g/mol. The van der Waals surface area contributed by atoms with Gasteiger partial charge in [-0.05, 0) is 58.8 Å². The molecule has 1 amide bonds. The van der Waals surface area contributed by atoms with Gasteiger partial charge in [0.25, 0.3) is 6.43 Å². The lowest BCUT2D eigenvalue weighted by Gasteiger charge is -2.30. The minimum Gasteiger partial charge on any atom is -0.492 e. The highest BCUT2D eigenvalue weighted by Crippen LogP contribution is 2.34. The molecule has 1 aliphatic carbocycles. The predicted molar refractivity (Wildman–Crippen MR) is 149 cm³/mol. The Morgan fingerprint density at radius 1 is 1.15 bits per heavy atom. The first-order valence-electron chi connectivity index (χ1n) is 14.1. The van der Waals surface area contributed by atoms with Crippen LogP contribution in [-0.2, 0) is 9.53 Å². The maximum absolute atomic E-state index is 14.3. The normalized spacial score (nSPS) is 19.6. The summed E-state index contributed by atoms with van der Waals surface area (Å²) in [6.45, 7) is 4.73. The molecule has 222 valence electrons. The number of rotatable bonds is 10. The van der Waals surface area contributed by atoms with Crippen molar-refractivity contribution in [2.24, 2.45) is 0 Å². The second-order valence-corrected chi connectivity index (χ2v) is 10.5. The molecule has 1 aliphatic heterocycles. The molecule has 2 fully saturated rings. The summed E-state index contributed by atoms with van der Waals surface area (Å²) >= 11 is 0. The van der Waals surface area contributed by atoms with Crippen molar-refractivity contribution >= 4 is 22.9 Å². The molecule has 2 aliphatic rings. The number of fused-ring (bicyclic) bond motifs is 1. The molecule has 0 unspecified atom stereocenters. The van der Waals surface area contributed by atoms with Crippen molar-refractivity contribution in [3.63, 3.8) is 0 Å². The van der Waals surface area contributed by atoms with E-state index in [1.165, 1.54) is 4.57 Å². The van der Waals surface area contributed by atoms with Crippen molar-refractivity contribution < 1.29 is 27.8 Å². The quantitative estimate of drug-likeness (QED) is 0.391. The number of halogens is 2. The first-order valence-corrected chi connectivity index (χ1v) is 14.1. The SMILES string of the molecule is CCOc1cccc2c1nc(C(F)F)n2-c1cc(O[C@H]2CC[C@H](NC(=O)CN(C)C)CC2)nc(N2CCOCC2)n1. The van der Waals surface area contributed by atoms with Gasteiger partial charge in [-0.1, -0.05) is 6.07 Å². The Morgan fingerprint density at radius 2 is 1.90 bits per heavy atom. The van der Waals surface area contributed by atoms with Gasteiger partial charge in [0.15, 0.2) is 5.82 Å². The lowest BCUT2D eigenvalue weighted by atomic mass is 9.93. The molecule has 3 aromatic rings. The minimum atomic E-state index is -2.85. The number of carbonyl (C=O) groups excluding carboxylic acids is 1. The third-order valence-electron chi connectivity index (χ3n) is 7.16. The van der Waals surface area contributed by atoms with Gasteiger partial charge in [0.05, 0.1) is 31.9 Å². The Bertz CT molecular complexity index is 1340. The molecule has 5 rings (SSSR count). The van der Waals surface area contributed by atoms with Crippen molar-refractivity contribution in [3.8, 4) is 17.4 Å². The number of amides is 1. The van der Waals surface area contributed by atoms with Crippen LogP contribution >= 0.6 is 0 Å². The number of aromatic nitrogens is 4. The van der Waals surface area contributed by atoms with Crippen molar-refractivity contribution in [1.29, 1.82) is 0 Å². The Labute approximate surface area is 237 Å². The molecule has 11 nitrogen and oxygen atoms in total. The molecule has 1 N–H and O–H groups in total. The lowest BCUT2D eigenvalue weighted by Crippen LogP contribution is -2.43. The van der Waals surface area contributed by atoms with Crippen molar-refractivity contribution in [1.82, 2.24) is 29.7 Å². The zero-order chi connectivity index (χ0) is 28.9. The number of hydrogen-bond acceptors (Lipinski definition) is 9.